The van der Waals surface area contributed by atoms with Gasteiger partial charge in [0.25, 0.3) is 0 Å². The van der Waals surface area contributed by atoms with E-state index in [4.69, 9.17) is 0 Å². The molecular weight excluding hydrogens is 166 g/mol. The van der Waals surface area contributed by atoms with Gasteiger partial charge in [0.2, 0.25) is 0 Å². The topological polar surface area (TPSA) is 58.0 Å². The Morgan fingerprint density at radius 2 is 2.46 bits per heavy atom. The summed E-state index contributed by atoms with van der Waals surface area (Å²) in [5.41, 5.74) is 1.95. The Balaban J connectivity index is 2.29. The highest BCUT2D eigenvalue weighted by atomic mass is 16.3. The SMILES string of the molecule is Cc1ncncc1C1NCCC1O. The van der Waals surface area contributed by atoms with Crippen LogP contribution in [0.4, 0.5) is 0 Å². The van der Waals surface area contributed by atoms with E-state index >= 15 is 0 Å². The van der Waals surface area contributed by atoms with Gasteiger partial charge >= 0.3 is 0 Å². The number of aliphatic hydroxyl groups is 1. The van der Waals surface area contributed by atoms with Gasteiger partial charge in [-0.1, -0.05) is 0 Å². The minimum Gasteiger partial charge on any atom is -0.391 e. The molecule has 0 radical (unpaired) electrons. The molecule has 1 aliphatic rings. The fourth-order valence-electron chi connectivity index (χ4n) is 1.71. The number of rotatable bonds is 1. The molecule has 2 unspecified atom stereocenters. The highest BCUT2D eigenvalue weighted by Crippen LogP contribution is 2.24. The van der Waals surface area contributed by atoms with Gasteiger partial charge < -0.3 is 10.4 Å². The summed E-state index contributed by atoms with van der Waals surface area (Å²) in [5.74, 6) is 0. The van der Waals surface area contributed by atoms with Crippen molar-refractivity contribution in [3.05, 3.63) is 23.8 Å². The Labute approximate surface area is 77.0 Å². The van der Waals surface area contributed by atoms with Gasteiger partial charge in [-0.05, 0) is 19.9 Å². The number of aryl methyl sites for hydroxylation is 1. The predicted molar refractivity (Wildman–Crippen MR) is 48.1 cm³/mol. The van der Waals surface area contributed by atoms with Crippen LogP contribution >= 0.6 is 0 Å². The Bertz CT molecular complexity index is 303. The summed E-state index contributed by atoms with van der Waals surface area (Å²) in [5, 5.41) is 12.9. The zero-order valence-electron chi connectivity index (χ0n) is 7.57. The van der Waals surface area contributed by atoms with Crippen molar-refractivity contribution in [2.75, 3.05) is 6.54 Å². The first-order chi connectivity index (χ1) is 6.29. The van der Waals surface area contributed by atoms with Crippen LogP contribution in [0.2, 0.25) is 0 Å². The molecule has 1 aromatic rings. The van der Waals surface area contributed by atoms with Crippen molar-refractivity contribution in [3.8, 4) is 0 Å². The zero-order chi connectivity index (χ0) is 9.26. The fraction of sp³-hybridized carbons (Fsp3) is 0.556. The molecule has 0 amide bonds. The molecule has 1 aromatic heterocycles. The first kappa shape index (κ1) is 8.59. The second-order valence-electron chi connectivity index (χ2n) is 3.35. The van der Waals surface area contributed by atoms with Gasteiger partial charge in [0.15, 0.2) is 0 Å². The van der Waals surface area contributed by atoms with Gasteiger partial charge in [0.05, 0.1) is 12.1 Å². The monoisotopic (exact) mass is 179 g/mol. The lowest BCUT2D eigenvalue weighted by atomic mass is 10.0. The molecule has 1 aliphatic heterocycles. The maximum atomic E-state index is 9.65. The van der Waals surface area contributed by atoms with Crippen molar-refractivity contribution < 1.29 is 5.11 Å². The molecule has 70 valence electrons. The van der Waals surface area contributed by atoms with Crippen LogP contribution < -0.4 is 5.32 Å². The summed E-state index contributed by atoms with van der Waals surface area (Å²) >= 11 is 0. The fourth-order valence-corrected chi connectivity index (χ4v) is 1.71. The summed E-state index contributed by atoms with van der Waals surface area (Å²) in [4.78, 5) is 8.06. The number of aromatic nitrogens is 2. The van der Waals surface area contributed by atoms with Crippen molar-refractivity contribution in [2.24, 2.45) is 0 Å². The maximum Gasteiger partial charge on any atom is 0.115 e. The summed E-state index contributed by atoms with van der Waals surface area (Å²) in [6, 6.07) is 0.0150. The minimum absolute atomic E-state index is 0.0150. The molecule has 1 saturated heterocycles. The van der Waals surface area contributed by atoms with Crippen molar-refractivity contribution in [1.82, 2.24) is 15.3 Å². The molecule has 2 heterocycles. The molecule has 0 spiro atoms. The molecule has 13 heavy (non-hydrogen) atoms. The molecule has 0 aromatic carbocycles. The largest absolute Gasteiger partial charge is 0.391 e. The highest BCUT2D eigenvalue weighted by Gasteiger charge is 2.27. The molecule has 4 nitrogen and oxygen atoms in total. The van der Waals surface area contributed by atoms with Crippen LogP contribution in [-0.2, 0) is 0 Å². The van der Waals surface area contributed by atoms with Gasteiger partial charge in [-0.3, -0.25) is 0 Å². The summed E-state index contributed by atoms with van der Waals surface area (Å²) in [6.07, 6.45) is 3.80. The Kier molecular flexibility index (Phi) is 2.24. The van der Waals surface area contributed by atoms with E-state index in [1.54, 1.807) is 6.20 Å². The first-order valence-electron chi connectivity index (χ1n) is 4.47. The van der Waals surface area contributed by atoms with Crippen molar-refractivity contribution >= 4 is 0 Å². The van der Waals surface area contributed by atoms with Gasteiger partial charge in [-0.15, -0.1) is 0 Å². The Morgan fingerprint density at radius 1 is 1.62 bits per heavy atom. The van der Waals surface area contributed by atoms with Crippen LogP contribution in [0, 0.1) is 6.92 Å². The standard InChI is InChI=1S/C9H13N3O/c1-6-7(4-10-5-12-6)9-8(13)2-3-11-9/h4-5,8-9,11,13H,2-3H2,1H3. The lowest BCUT2D eigenvalue weighted by Crippen LogP contribution is -2.22. The van der Waals surface area contributed by atoms with E-state index in [0.29, 0.717) is 0 Å². The highest BCUT2D eigenvalue weighted by molar-refractivity contribution is 5.21. The molecule has 0 bridgehead atoms. The Hall–Kier alpha value is -1.00. The molecular formula is C9H13N3O. The number of hydrogen-bond acceptors (Lipinski definition) is 4. The number of nitrogens with one attached hydrogen (secondary N) is 1. The van der Waals surface area contributed by atoms with E-state index in [2.05, 4.69) is 15.3 Å². The van der Waals surface area contributed by atoms with Crippen LogP contribution in [-0.4, -0.2) is 27.7 Å². The summed E-state index contributed by atoms with van der Waals surface area (Å²) in [6.45, 7) is 2.80. The van der Waals surface area contributed by atoms with Crippen molar-refractivity contribution in [2.45, 2.75) is 25.5 Å². The van der Waals surface area contributed by atoms with Crippen LogP contribution in [0.1, 0.15) is 23.7 Å². The van der Waals surface area contributed by atoms with Crippen molar-refractivity contribution in [3.63, 3.8) is 0 Å². The van der Waals surface area contributed by atoms with E-state index in [1.807, 2.05) is 6.92 Å². The maximum absolute atomic E-state index is 9.65. The molecule has 2 rings (SSSR count). The predicted octanol–water partition coefficient (Wildman–Crippen LogP) is 0.180. The molecule has 2 N–H and O–H groups in total. The van der Waals surface area contributed by atoms with E-state index in [-0.39, 0.29) is 12.1 Å². The molecule has 2 atom stereocenters. The van der Waals surface area contributed by atoms with Gasteiger partial charge in [0, 0.05) is 17.5 Å². The number of nitrogens with zero attached hydrogens (tertiary/aromatic N) is 2. The molecule has 0 aliphatic carbocycles. The molecule has 1 fully saturated rings. The van der Waals surface area contributed by atoms with Crippen molar-refractivity contribution in [1.29, 1.82) is 0 Å². The summed E-state index contributed by atoms with van der Waals surface area (Å²) in [7, 11) is 0. The summed E-state index contributed by atoms with van der Waals surface area (Å²) < 4.78 is 0. The average Bonchev–Trinajstić information content (AvgIpc) is 2.52. The second kappa shape index (κ2) is 3.40. The molecule has 0 saturated carbocycles. The van der Waals surface area contributed by atoms with E-state index in [0.717, 1.165) is 24.2 Å². The molecule has 4 heteroatoms. The minimum atomic E-state index is -0.301. The van der Waals surface area contributed by atoms with Crippen LogP contribution in [0.15, 0.2) is 12.5 Å². The van der Waals surface area contributed by atoms with E-state index in [1.165, 1.54) is 6.33 Å². The van der Waals surface area contributed by atoms with Crippen LogP contribution in [0.25, 0.3) is 0 Å². The van der Waals surface area contributed by atoms with Gasteiger partial charge in [-0.25, -0.2) is 9.97 Å². The lowest BCUT2D eigenvalue weighted by Gasteiger charge is -2.15. The third-order valence-electron chi connectivity index (χ3n) is 2.47. The number of hydrogen-bond donors (Lipinski definition) is 2. The average molecular weight is 179 g/mol. The van der Waals surface area contributed by atoms with Crippen LogP contribution in [0.5, 0.6) is 0 Å². The van der Waals surface area contributed by atoms with E-state index in [9.17, 15) is 5.11 Å². The third-order valence-corrected chi connectivity index (χ3v) is 2.47. The lowest BCUT2D eigenvalue weighted by molar-refractivity contribution is 0.159. The second-order valence-corrected chi connectivity index (χ2v) is 3.35. The van der Waals surface area contributed by atoms with Gasteiger partial charge in [-0.2, -0.15) is 0 Å². The zero-order valence-corrected chi connectivity index (χ0v) is 7.57. The third kappa shape index (κ3) is 1.55. The first-order valence-corrected chi connectivity index (χ1v) is 4.47. The Morgan fingerprint density at radius 3 is 3.08 bits per heavy atom. The quantitative estimate of drug-likeness (QED) is 0.645. The normalized spacial score (nSPS) is 27.8. The van der Waals surface area contributed by atoms with Crippen LogP contribution in [0.3, 0.4) is 0 Å². The van der Waals surface area contributed by atoms with E-state index < -0.39 is 0 Å². The number of aliphatic hydroxyl groups excluding tert-OH is 1. The van der Waals surface area contributed by atoms with Gasteiger partial charge in [0.1, 0.15) is 6.33 Å². The smallest absolute Gasteiger partial charge is 0.115 e.